The highest BCUT2D eigenvalue weighted by Gasteiger charge is 2.28. The summed E-state index contributed by atoms with van der Waals surface area (Å²) in [5, 5.41) is 2.95. The second kappa shape index (κ2) is 7.23. The molecule has 1 aliphatic heterocycles. The quantitative estimate of drug-likeness (QED) is 0.816. The van der Waals surface area contributed by atoms with Crippen molar-refractivity contribution in [2.24, 2.45) is 0 Å². The summed E-state index contributed by atoms with van der Waals surface area (Å²) in [7, 11) is 0. The number of hydrogen-bond acceptors (Lipinski definition) is 2. The van der Waals surface area contributed by atoms with Gasteiger partial charge in [-0.15, -0.1) is 0 Å². The number of amides is 2. The molecule has 1 aliphatic rings. The Morgan fingerprint density at radius 1 is 1.20 bits per heavy atom. The summed E-state index contributed by atoms with van der Waals surface area (Å²) in [6, 6.07) is 13.3. The zero-order valence-electron chi connectivity index (χ0n) is 14.1. The molecule has 2 aromatic rings. The van der Waals surface area contributed by atoms with E-state index in [4.69, 9.17) is 0 Å². The minimum Gasteiger partial charge on any atom is -0.326 e. The molecule has 0 fully saturated rings. The van der Waals surface area contributed by atoms with Gasteiger partial charge in [0.1, 0.15) is 0 Å². The summed E-state index contributed by atoms with van der Waals surface area (Å²) in [6.07, 6.45) is 3.87. The van der Waals surface area contributed by atoms with Crippen molar-refractivity contribution in [2.45, 2.75) is 26.3 Å². The van der Waals surface area contributed by atoms with Gasteiger partial charge in [0, 0.05) is 23.3 Å². The summed E-state index contributed by atoms with van der Waals surface area (Å²) in [4.78, 5) is 26.2. The zero-order chi connectivity index (χ0) is 18.0. The van der Waals surface area contributed by atoms with Gasteiger partial charge < -0.3 is 10.2 Å². The van der Waals surface area contributed by atoms with E-state index in [-0.39, 0.29) is 24.3 Å². The van der Waals surface area contributed by atoms with Crippen molar-refractivity contribution in [2.75, 3.05) is 5.32 Å². The number of nitrogens with zero attached hydrogens (tertiary/aromatic N) is 1. The minimum atomic E-state index is -0.297. The lowest BCUT2D eigenvalue weighted by molar-refractivity contribution is -0.129. The van der Waals surface area contributed by atoms with Crippen LogP contribution < -0.4 is 5.32 Å². The minimum absolute atomic E-state index is 0.0802. The van der Waals surface area contributed by atoms with Gasteiger partial charge >= 0.3 is 0 Å². The predicted octanol–water partition coefficient (Wildman–Crippen LogP) is 4.66. The Kier molecular flexibility index (Phi) is 5.04. The largest absolute Gasteiger partial charge is 0.326 e. The number of rotatable bonds is 3. The predicted molar refractivity (Wildman–Crippen MR) is 103 cm³/mol. The third-order valence-electron chi connectivity index (χ3n) is 4.31. The Morgan fingerprint density at radius 2 is 1.96 bits per heavy atom. The molecular weight excluding hydrogens is 380 g/mol. The maximum atomic E-state index is 12.6. The van der Waals surface area contributed by atoms with Gasteiger partial charge in [0.2, 0.25) is 11.8 Å². The van der Waals surface area contributed by atoms with E-state index in [0.29, 0.717) is 0 Å². The van der Waals surface area contributed by atoms with Crippen LogP contribution in [0.25, 0.3) is 6.08 Å². The number of fused-ring (bicyclic) bond motifs is 1. The topological polar surface area (TPSA) is 49.4 Å². The number of carbonyl (C=O) groups is 2. The van der Waals surface area contributed by atoms with E-state index >= 15 is 0 Å². The maximum Gasteiger partial charge on any atom is 0.226 e. The highest BCUT2D eigenvalue weighted by molar-refractivity contribution is 9.10. The number of hydrogen-bond donors (Lipinski definition) is 1. The van der Waals surface area contributed by atoms with Gasteiger partial charge in [0.15, 0.2) is 0 Å². The molecule has 1 N–H and O–H groups in total. The van der Waals surface area contributed by atoms with Crippen LogP contribution in [-0.2, 0) is 9.59 Å². The van der Waals surface area contributed by atoms with Crippen LogP contribution in [0.1, 0.15) is 36.1 Å². The molecule has 1 heterocycles. The molecule has 4 nitrogen and oxygen atoms in total. The normalized spacial score (nSPS) is 15.6. The second-order valence-corrected chi connectivity index (χ2v) is 7.01. The van der Waals surface area contributed by atoms with Gasteiger partial charge in [-0.1, -0.05) is 40.2 Å². The van der Waals surface area contributed by atoms with E-state index in [2.05, 4.69) is 21.2 Å². The number of anilines is 1. The first-order valence-corrected chi connectivity index (χ1v) is 8.87. The lowest BCUT2D eigenvalue weighted by Crippen LogP contribution is -2.33. The van der Waals surface area contributed by atoms with Crippen molar-refractivity contribution in [1.82, 2.24) is 4.90 Å². The van der Waals surface area contributed by atoms with Crippen molar-refractivity contribution < 1.29 is 9.59 Å². The third-order valence-corrected chi connectivity index (χ3v) is 4.80. The molecule has 2 amide bonds. The Labute approximate surface area is 155 Å². The average Bonchev–Trinajstić information content (AvgIpc) is 2.57. The summed E-state index contributed by atoms with van der Waals surface area (Å²) >= 11 is 3.42. The Morgan fingerprint density at radius 3 is 2.68 bits per heavy atom. The molecule has 3 rings (SSSR count). The average molecular weight is 399 g/mol. The van der Waals surface area contributed by atoms with Gasteiger partial charge in [-0.2, -0.15) is 0 Å². The summed E-state index contributed by atoms with van der Waals surface area (Å²) in [5.74, 6) is -0.199. The van der Waals surface area contributed by atoms with E-state index in [9.17, 15) is 9.59 Å². The number of halogens is 1. The van der Waals surface area contributed by atoms with Crippen molar-refractivity contribution in [3.8, 4) is 0 Å². The van der Waals surface area contributed by atoms with Crippen molar-refractivity contribution in [3.63, 3.8) is 0 Å². The summed E-state index contributed by atoms with van der Waals surface area (Å²) < 4.78 is 0.970. The Balaban J connectivity index is 1.82. The van der Waals surface area contributed by atoms with Gasteiger partial charge in [-0.25, -0.2) is 0 Å². The first-order chi connectivity index (χ1) is 12.0. The molecule has 0 unspecified atom stereocenters. The van der Waals surface area contributed by atoms with Crippen LogP contribution in [-0.4, -0.2) is 16.7 Å². The van der Waals surface area contributed by atoms with Crippen molar-refractivity contribution in [1.29, 1.82) is 0 Å². The van der Waals surface area contributed by atoms with Crippen molar-refractivity contribution in [3.05, 3.63) is 69.8 Å². The highest BCUT2D eigenvalue weighted by Crippen LogP contribution is 2.33. The first-order valence-electron chi connectivity index (χ1n) is 8.08. The molecule has 1 atom stereocenters. The molecule has 128 valence electrons. The highest BCUT2D eigenvalue weighted by atomic mass is 79.9. The molecule has 0 radical (unpaired) electrons. The molecular formula is C20H19BrN2O2. The van der Waals surface area contributed by atoms with Crippen LogP contribution in [0, 0.1) is 6.92 Å². The van der Waals surface area contributed by atoms with Crippen LogP contribution in [0.3, 0.4) is 0 Å². The van der Waals surface area contributed by atoms with Crippen LogP contribution in [0.4, 0.5) is 5.69 Å². The fourth-order valence-electron chi connectivity index (χ4n) is 3.06. The fourth-order valence-corrected chi connectivity index (χ4v) is 3.53. The lowest BCUT2D eigenvalue weighted by Gasteiger charge is -2.32. The van der Waals surface area contributed by atoms with Crippen LogP contribution >= 0.6 is 15.9 Å². The Hall–Kier alpha value is -2.40. The van der Waals surface area contributed by atoms with Crippen molar-refractivity contribution >= 4 is 39.5 Å². The second-order valence-electron chi connectivity index (χ2n) is 6.10. The van der Waals surface area contributed by atoms with E-state index in [0.717, 1.165) is 26.9 Å². The van der Waals surface area contributed by atoms with E-state index in [1.165, 1.54) is 6.92 Å². The van der Waals surface area contributed by atoms with Crippen LogP contribution in [0.5, 0.6) is 0 Å². The molecule has 0 spiro atoms. The summed E-state index contributed by atoms with van der Waals surface area (Å²) in [6.45, 7) is 3.46. The molecule has 0 bridgehead atoms. The molecule has 0 aromatic heterocycles. The summed E-state index contributed by atoms with van der Waals surface area (Å²) in [5.41, 5.74) is 3.79. The van der Waals surface area contributed by atoms with E-state index < -0.39 is 0 Å². The van der Waals surface area contributed by atoms with E-state index in [1.54, 1.807) is 11.1 Å². The van der Waals surface area contributed by atoms with Gasteiger partial charge in [0.25, 0.3) is 0 Å². The monoisotopic (exact) mass is 398 g/mol. The van der Waals surface area contributed by atoms with Gasteiger partial charge in [0.05, 0.1) is 12.5 Å². The maximum absolute atomic E-state index is 12.6. The standard InChI is InChI=1S/C20H19BrN2O2/c1-13-11-16(21)7-8-18(13)22-20(25)12-19-17-6-4-3-5-15(17)9-10-23(19)14(2)24/h3-11,19H,12H2,1-2H3,(H,22,25)/t19-/m1/s1. The smallest absolute Gasteiger partial charge is 0.226 e. The molecule has 5 heteroatoms. The van der Waals surface area contributed by atoms with Gasteiger partial charge in [-0.3, -0.25) is 9.59 Å². The lowest BCUT2D eigenvalue weighted by atomic mass is 9.93. The number of aryl methyl sites for hydroxylation is 1. The number of carbonyl (C=O) groups excluding carboxylic acids is 2. The van der Waals surface area contributed by atoms with Crippen LogP contribution in [0.15, 0.2) is 53.1 Å². The fraction of sp³-hybridized carbons (Fsp3) is 0.200. The van der Waals surface area contributed by atoms with Gasteiger partial charge in [-0.05, 0) is 47.9 Å². The Bertz CT molecular complexity index is 861. The first kappa shape index (κ1) is 17.4. The molecule has 0 aliphatic carbocycles. The molecule has 25 heavy (non-hydrogen) atoms. The number of nitrogens with one attached hydrogen (secondary N) is 1. The molecule has 0 saturated heterocycles. The van der Waals surface area contributed by atoms with E-state index in [1.807, 2.05) is 55.5 Å². The SMILES string of the molecule is CC(=O)N1C=Cc2ccccc2[C@H]1CC(=O)Nc1ccc(Br)cc1C. The van der Waals surface area contributed by atoms with Crippen LogP contribution in [0.2, 0.25) is 0 Å². The zero-order valence-corrected chi connectivity index (χ0v) is 15.7. The third kappa shape index (κ3) is 3.82. The molecule has 2 aromatic carbocycles. The number of benzene rings is 2. The molecule has 0 saturated carbocycles.